The highest BCUT2D eigenvalue weighted by Gasteiger charge is 2.32. The number of anilines is 1. The van der Waals surface area contributed by atoms with Crippen LogP contribution in [-0.2, 0) is 4.74 Å². The van der Waals surface area contributed by atoms with E-state index in [1.807, 2.05) is 19.9 Å². The van der Waals surface area contributed by atoms with Crippen molar-refractivity contribution >= 4 is 16.6 Å². The lowest BCUT2D eigenvalue weighted by molar-refractivity contribution is 0.119. The maximum atomic E-state index is 12.7. The molecule has 0 radical (unpaired) electrons. The van der Waals surface area contributed by atoms with Gasteiger partial charge in [0.05, 0.1) is 17.5 Å². The Morgan fingerprint density at radius 3 is 2.68 bits per heavy atom. The molecule has 2 heterocycles. The fraction of sp³-hybridized carbons (Fsp3) is 0.600. The van der Waals surface area contributed by atoms with Crippen molar-refractivity contribution in [2.45, 2.75) is 45.2 Å². The summed E-state index contributed by atoms with van der Waals surface area (Å²) in [6.45, 7) is 6.96. The van der Waals surface area contributed by atoms with E-state index in [1.165, 1.54) is 0 Å². The number of aryl methyl sites for hydroxylation is 1. The number of nitrogens with two attached hydrogens (primary N) is 2. The van der Waals surface area contributed by atoms with Gasteiger partial charge in [-0.05, 0) is 56.7 Å². The van der Waals surface area contributed by atoms with Crippen LogP contribution < -0.4 is 27.7 Å². The molecule has 2 atom stereocenters. The van der Waals surface area contributed by atoms with Gasteiger partial charge >= 0.3 is 5.69 Å². The summed E-state index contributed by atoms with van der Waals surface area (Å²) in [5, 5.41) is 0.499. The molecule has 0 amide bonds. The number of rotatable bonds is 6. The third kappa shape index (κ3) is 3.10. The fourth-order valence-electron chi connectivity index (χ4n) is 4.36. The van der Waals surface area contributed by atoms with Crippen molar-refractivity contribution in [1.82, 2.24) is 9.24 Å². The number of benzene rings is 1. The highest BCUT2D eigenvalue weighted by molar-refractivity contribution is 5.87. The number of hydrogen-bond acceptors (Lipinski definition) is 6. The summed E-state index contributed by atoms with van der Waals surface area (Å²) in [5.74, 6) is 6.12. The molecule has 1 saturated heterocycles. The number of aromatic nitrogens is 2. The van der Waals surface area contributed by atoms with Crippen molar-refractivity contribution in [2.75, 3.05) is 37.0 Å². The molecule has 8 nitrogen and oxygen atoms in total. The van der Waals surface area contributed by atoms with Gasteiger partial charge in [-0.15, -0.1) is 0 Å². The molecule has 1 aliphatic heterocycles. The van der Waals surface area contributed by atoms with Crippen LogP contribution in [0.5, 0.6) is 0 Å². The second-order valence-corrected chi connectivity index (χ2v) is 7.98. The van der Waals surface area contributed by atoms with Crippen LogP contribution in [0.25, 0.3) is 10.9 Å². The lowest BCUT2D eigenvalue weighted by Gasteiger charge is -2.24. The van der Waals surface area contributed by atoms with E-state index in [0.717, 1.165) is 53.8 Å². The van der Waals surface area contributed by atoms with E-state index in [2.05, 4.69) is 4.90 Å². The SMILES string of the molecule is CCOC[C@@H](N)C1CCN(c2ccc3c(=O)n(N)c(=O)n(C4CC4)c3c2C)C1. The Morgan fingerprint density at radius 2 is 2.00 bits per heavy atom. The van der Waals surface area contributed by atoms with E-state index in [9.17, 15) is 9.59 Å². The third-order valence-corrected chi connectivity index (χ3v) is 6.10. The van der Waals surface area contributed by atoms with Crippen molar-refractivity contribution in [3.63, 3.8) is 0 Å². The van der Waals surface area contributed by atoms with E-state index < -0.39 is 11.2 Å². The van der Waals surface area contributed by atoms with Crippen molar-refractivity contribution in [3.05, 3.63) is 38.5 Å². The van der Waals surface area contributed by atoms with Gasteiger partial charge in [-0.25, -0.2) is 4.79 Å². The van der Waals surface area contributed by atoms with Crippen LogP contribution in [0.3, 0.4) is 0 Å². The molecule has 2 aromatic rings. The summed E-state index contributed by atoms with van der Waals surface area (Å²) < 4.78 is 7.93. The lowest BCUT2D eigenvalue weighted by atomic mass is 10.0. The van der Waals surface area contributed by atoms with E-state index in [4.69, 9.17) is 16.3 Å². The molecule has 28 heavy (non-hydrogen) atoms. The van der Waals surface area contributed by atoms with Gasteiger partial charge in [0.15, 0.2) is 0 Å². The summed E-state index contributed by atoms with van der Waals surface area (Å²) in [6.07, 6.45) is 2.88. The first kappa shape index (κ1) is 19.0. The first-order valence-corrected chi connectivity index (χ1v) is 10.1. The number of fused-ring (bicyclic) bond motifs is 1. The maximum Gasteiger partial charge on any atom is 0.350 e. The topological polar surface area (TPSA) is 109 Å². The van der Waals surface area contributed by atoms with E-state index in [-0.39, 0.29) is 12.1 Å². The molecule has 1 unspecified atom stereocenters. The maximum absolute atomic E-state index is 12.7. The molecule has 2 aliphatic rings. The van der Waals surface area contributed by atoms with Gasteiger partial charge in [0.2, 0.25) is 0 Å². The zero-order valence-corrected chi connectivity index (χ0v) is 16.6. The lowest BCUT2D eigenvalue weighted by Crippen LogP contribution is -2.44. The number of ether oxygens (including phenoxy) is 1. The normalized spacial score (nSPS) is 20.8. The van der Waals surface area contributed by atoms with E-state index in [1.54, 1.807) is 10.6 Å². The summed E-state index contributed by atoms with van der Waals surface area (Å²) in [7, 11) is 0. The molecular formula is C20H29N5O3. The van der Waals surface area contributed by atoms with Gasteiger partial charge in [-0.1, -0.05) is 0 Å². The number of nitrogen functional groups attached to an aromatic ring is 1. The number of nitrogens with zero attached hydrogens (tertiary/aromatic N) is 3. The van der Waals surface area contributed by atoms with Gasteiger partial charge in [-0.2, -0.15) is 4.68 Å². The molecule has 0 bridgehead atoms. The minimum absolute atomic E-state index is 0.0137. The molecule has 0 spiro atoms. The fourth-order valence-corrected chi connectivity index (χ4v) is 4.36. The Balaban J connectivity index is 1.73. The summed E-state index contributed by atoms with van der Waals surface area (Å²) >= 11 is 0. The zero-order valence-electron chi connectivity index (χ0n) is 16.6. The largest absolute Gasteiger partial charge is 0.380 e. The third-order valence-electron chi connectivity index (χ3n) is 6.10. The van der Waals surface area contributed by atoms with Crippen LogP contribution in [0.4, 0.5) is 5.69 Å². The van der Waals surface area contributed by atoms with Gasteiger partial charge in [0.1, 0.15) is 0 Å². The molecule has 1 aliphatic carbocycles. The molecular weight excluding hydrogens is 358 g/mol. The Morgan fingerprint density at radius 1 is 1.25 bits per heavy atom. The van der Waals surface area contributed by atoms with Crippen LogP contribution in [0, 0.1) is 12.8 Å². The zero-order chi connectivity index (χ0) is 20.0. The monoisotopic (exact) mass is 387 g/mol. The molecule has 2 fully saturated rings. The van der Waals surface area contributed by atoms with Gasteiger partial charge in [0.25, 0.3) is 5.56 Å². The molecule has 4 N–H and O–H groups in total. The highest BCUT2D eigenvalue weighted by Crippen LogP contribution is 2.38. The van der Waals surface area contributed by atoms with Crippen LogP contribution in [0.1, 0.15) is 37.8 Å². The summed E-state index contributed by atoms with van der Waals surface area (Å²) in [5.41, 5.74) is 8.17. The van der Waals surface area contributed by atoms with Crippen LogP contribution in [0.15, 0.2) is 21.7 Å². The molecule has 1 saturated carbocycles. The van der Waals surface area contributed by atoms with Crippen molar-refractivity contribution in [1.29, 1.82) is 0 Å². The predicted molar refractivity (Wildman–Crippen MR) is 110 cm³/mol. The van der Waals surface area contributed by atoms with Crippen molar-refractivity contribution in [3.8, 4) is 0 Å². The minimum atomic E-state index is -0.440. The van der Waals surface area contributed by atoms with E-state index in [0.29, 0.717) is 24.5 Å². The van der Waals surface area contributed by atoms with Crippen LogP contribution in [-0.4, -0.2) is 41.6 Å². The molecule has 1 aromatic heterocycles. The summed E-state index contributed by atoms with van der Waals surface area (Å²) in [6, 6.07) is 3.91. The quantitative estimate of drug-likeness (QED) is 0.707. The second kappa shape index (κ2) is 7.25. The van der Waals surface area contributed by atoms with Crippen molar-refractivity contribution < 1.29 is 4.74 Å². The standard InChI is InChI=1S/C20H29N5O3/c1-3-28-11-16(21)13-8-9-23(10-13)17-7-6-15-18(12(17)2)24(14-4-5-14)20(27)25(22)19(15)26/h6-7,13-14,16H,3-5,8-11,21-22H2,1-2H3/t13?,16-/m1/s1. The molecule has 4 rings (SSSR count). The first-order valence-electron chi connectivity index (χ1n) is 10.1. The molecule has 1 aromatic carbocycles. The second-order valence-electron chi connectivity index (χ2n) is 7.98. The predicted octanol–water partition coefficient (Wildman–Crippen LogP) is 0.710. The molecule has 152 valence electrons. The smallest absolute Gasteiger partial charge is 0.350 e. The van der Waals surface area contributed by atoms with Gasteiger partial charge < -0.3 is 21.2 Å². The van der Waals surface area contributed by atoms with Crippen LogP contribution in [0.2, 0.25) is 0 Å². The first-order chi connectivity index (χ1) is 13.4. The average molecular weight is 387 g/mol. The van der Waals surface area contributed by atoms with Gasteiger partial charge in [0, 0.05) is 37.5 Å². The van der Waals surface area contributed by atoms with Gasteiger partial charge in [-0.3, -0.25) is 9.36 Å². The Labute approximate surface area is 163 Å². The minimum Gasteiger partial charge on any atom is -0.380 e. The Hall–Kier alpha value is -2.32. The Kier molecular flexibility index (Phi) is 4.93. The summed E-state index contributed by atoms with van der Waals surface area (Å²) in [4.78, 5) is 27.5. The van der Waals surface area contributed by atoms with Crippen molar-refractivity contribution in [2.24, 2.45) is 11.7 Å². The van der Waals surface area contributed by atoms with Crippen LogP contribution >= 0.6 is 0 Å². The average Bonchev–Trinajstić information content (AvgIpc) is 3.40. The van der Waals surface area contributed by atoms with E-state index >= 15 is 0 Å². The Bertz CT molecular complexity index is 1010. The molecule has 8 heteroatoms. The number of hydrogen-bond donors (Lipinski definition) is 2. The highest BCUT2D eigenvalue weighted by atomic mass is 16.5.